The van der Waals surface area contributed by atoms with Crippen molar-refractivity contribution in [2.45, 2.75) is 51.2 Å². The molecule has 0 heterocycles. The van der Waals surface area contributed by atoms with Gasteiger partial charge in [-0.2, -0.15) is 0 Å². The summed E-state index contributed by atoms with van der Waals surface area (Å²) in [7, 11) is 0. The molecule has 1 aromatic carbocycles. The van der Waals surface area contributed by atoms with E-state index < -0.39 is 0 Å². The summed E-state index contributed by atoms with van der Waals surface area (Å²) in [5, 5.41) is 13.3. The van der Waals surface area contributed by atoms with Crippen LogP contribution in [0.4, 0.5) is 4.39 Å². The molecule has 2 N–H and O–H groups in total. The SMILES string of the molecule is CC(Cc1ccccc1F)NCC1CCCCC1O. The van der Waals surface area contributed by atoms with Gasteiger partial charge in [-0.1, -0.05) is 31.0 Å². The van der Waals surface area contributed by atoms with Crippen molar-refractivity contribution in [1.82, 2.24) is 5.32 Å². The standard InChI is InChI=1S/C16H24FNO/c1-12(10-13-6-2-4-8-15(13)17)18-11-14-7-3-5-9-16(14)19/h2,4,6,8,12,14,16,18-19H,3,5,7,9-11H2,1H3. The van der Waals surface area contributed by atoms with E-state index in [9.17, 15) is 9.50 Å². The molecule has 2 rings (SSSR count). The van der Waals surface area contributed by atoms with Crippen molar-refractivity contribution >= 4 is 0 Å². The first-order valence-electron chi connectivity index (χ1n) is 7.31. The molecule has 0 spiro atoms. The van der Waals surface area contributed by atoms with Crippen LogP contribution in [0, 0.1) is 11.7 Å². The van der Waals surface area contributed by atoms with Crippen molar-refractivity contribution in [2.75, 3.05) is 6.54 Å². The maximum atomic E-state index is 13.5. The lowest BCUT2D eigenvalue weighted by Crippen LogP contribution is -2.38. The van der Waals surface area contributed by atoms with Crippen LogP contribution in [0.1, 0.15) is 38.2 Å². The minimum Gasteiger partial charge on any atom is -0.393 e. The van der Waals surface area contributed by atoms with Crippen LogP contribution < -0.4 is 5.32 Å². The second kappa shape index (κ2) is 7.01. The van der Waals surface area contributed by atoms with Gasteiger partial charge < -0.3 is 10.4 Å². The number of halogens is 1. The largest absolute Gasteiger partial charge is 0.393 e. The van der Waals surface area contributed by atoms with Gasteiger partial charge in [-0.3, -0.25) is 0 Å². The number of nitrogens with one attached hydrogen (secondary N) is 1. The smallest absolute Gasteiger partial charge is 0.126 e. The molecule has 1 fully saturated rings. The van der Waals surface area contributed by atoms with E-state index in [0.717, 1.165) is 31.4 Å². The highest BCUT2D eigenvalue weighted by molar-refractivity contribution is 5.18. The Morgan fingerprint density at radius 1 is 1.32 bits per heavy atom. The fourth-order valence-corrected chi connectivity index (χ4v) is 2.84. The second-order valence-electron chi connectivity index (χ2n) is 5.72. The molecule has 0 aliphatic heterocycles. The van der Waals surface area contributed by atoms with Crippen molar-refractivity contribution in [3.05, 3.63) is 35.6 Å². The zero-order valence-corrected chi connectivity index (χ0v) is 11.6. The highest BCUT2D eigenvalue weighted by Crippen LogP contribution is 2.23. The highest BCUT2D eigenvalue weighted by atomic mass is 19.1. The van der Waals surface area contributed by atoms with Crippen LogP contribution in [0.25, 0.3) is 0 Å². The topological polar surface area (TPSA) is 32.3 Å². The first-order valence-corrected chi connectivity index (χ1v) is 7.31. The maximum Gasteiger partial charge on any atom is 0.126 e. The molecule has 1 aromatic rings. The van der Waals surface area contributed by atoms with Gasteiger partial charge in [0.2, 0.25) is 0 Å². The number of hydrogen-bond acceptors (Lipinski definition) is 2. The third kappa shape index (κ3) is 4.29. The lowest BCUT2D eigenvalue weighted by Gasteiger charge is -2.29. The van der Waals surface area contributed by atoms with Crippen molar-refractivity contribution in [1.29, 1.82) is 0 Å². The third-order valence-corrected chi connectivity index (χ3v) is 4.08. The molecule has 19 heavy (non-hydrogen) atoms. The molecule has 106 valence electrons. The van der Waals surface area contributed by atoms with Gasteiger partial charge in [0.1, 0.15) is 5.82 Å². The van der Waals surface area contributed by atoms with E-state index in [1.807, 2.05) is 12.1 Å². The molecule has 0 bridgehead atoms. The van der Waals surface area contributed by atoms with Crippen LogP contribution in [0.15, 0.2) is 24.3 Å². The van der Waals surface area contributed by atoms with E-state index in [1.54, 1.807) is 6.07 Å². The number of benzene rings is 1. The Bertz CT molecular complexity index is 396. The molecule has 3 atom stereocenters. The summed E-state index contributed by atoms with van der Waals surface area (Å²) >= 11 is 0. The third-order valence-electron chi connectivity index (χ3n) is 4.08. The van der Waals surface area contributed by atoms with Crippen LogP contribution in [0.5, 0.6) is 0 Å². The van der Waals surface area contributed by atoms with Gasteiger partial charge in [0.05, 0.1) is 6.10 Å². The molecular formula is C16H24FNO. The number of rotatable bonds is 5. The van der Waals surface area contributed by atoms with Crippen molar-refractivity contribution in [2.24, 2.45) is 5.92 Å². The molecule has 2 nitrogen and oxygen atoms in total. The normalized spacial score (nSPS) is 25.2. The van der Waals surface area contributed by atoms with Gasteiger partial charge in [0, 0.05) is 12.6 Å². The molecule has 3 unspecified atom stereocenters. The zero-order valence-electron chi connectivity index (χ0n) is 11.6. The Labute approximate surface area is 115 Å². The van der Waals surface area contributed by atoms with E-state index in [1.165, 1.54) is 12.5 Å². The van der Waals surface area contributed by atoms with Gasteiger partial charge >= 0.3 is 0 Å². The van der Waals surface area contributed by atoms with Crippen molar-refractivity contribution in [3.63, 3.8) is 0 Å². The van der Waals surface area contributed by atoms with Crippen LogP contribution in [0.2, 0.25) is 0 Å². The summed E-state index contributed by atoms with van der Waals surface area (Å²) in [5.74, 6) is 0.227. The Balaban J connectivity index is 1.78. The minimum absolute atomic E-state index is 0.131. The average Bonchev–Trinajstić information content (AvgIpc) is 2.40. The second-order valence-corrected chi connectivity index (χ2v) is 5.72. The van der Waals surface area contributed by atoms with Gasteiger partial charge in [0.25, 0.3) is 0 Å². The summed E-state index contributed by atoms with van der Waals surface area (Å²) < 4.78 is 13.5. The lowest BCUT2D eigenvalue weighted by molar-refractivity contribution is 0.0684. The van der Waals surface area contributed by atoms with Gasteiger partial charge in [-0.25, -0.2) is 4.39 Å². The fraction of sp³-hybridized carbons (Fsp3) is 0.625. The molecule has 0 radical (unpaired) electrons. The fourth-order valence-electron chi connectivity index (χ4n) is 2.84. The Morgan fingerprint density at radius 2 is 2.05 bits per heavy atom. The van der Waals surface area contributed by atoms with Crippen molar-refractivity contribution in [3.8, 4) is 0 Å². The summed E-state index contributed by atoms with van der Waals surface area (Å²) in [4.78, 5) is 0. The van der Waals surface area contributed by atoms with E-state index in [2.05, 4.69) is 12.2 Å². The lowest BCUT2D eigenvalue weighted by atomic mass is 9.86. The molecule has 0 aromatic heterocycles. The Kier molecular flexibility index (Phi) is 5.34. The first-order chi connectivity index (χ1) is 9.16. The van der Waals surface area contributed by atoms with Gasteiger partial charge in [-0.05, 0) is 43.7 Å². The summed E-state index contributed by atoms with van der Waals surface area (Å²) in [6.07, 6.45) is 4.90. The van der Waals surface area contributed by atoms with Crippen molar-refractivity contribution < 1.29 is 9.50 Å². The molecular weight excluding hydrogens is 241 g/mol. The van der Waals surface area contributed by atoms with E-state index in [0.29, 0.717) is 12.3 Å². The molecule has 1 aliphatic rings. The van der Waals surface area contributed by atoms with Gasteiger partial charge in [-0.15, -0.1) is 0 Å². The van der Waals surface area contributed by atoms with E-state index in [-0.39, 0.29) is 18.0 Å². The van der Waals surface area contributed by atoms with E-state index >= 15 is 0 Å². The molecule has 0 amide bonds. The monoisotopic (exact) mass is 265 g/mol. The maximum absolute atomic E-state index is 13.5. The highest BCUT2D eigenvalue weighted by Gasteiger charge is 2.23. The van der Waals surface area contributed by atoms with Crippen LogP contribution in [-0.2, 0) is 6.42 Å². The molecule has 1 saturated carbocycles. The zero-order chi connectivity index (χ0) is 13.7. The number of aliphatic hydroxyl groups is 1. The summed E-state index contributed by atoms with van der Waals surface area (Å²) in [6.45, 7) is 2.90. The predicted molar refractivity (Wildman–Crippen MR) is 75.5 cm³/mol. The summed E-state index contributed by atoms with van der Waals surface area (Å²) in [6, 6.07) is 7.16. The van der Waals surface area contributed by atoms with Gasteiger partial charge in [0.15, 0.2) is 0 Å². The number of aliphatic hydroxyl groups excluding tert-OH is 1. The molecule has 0 saturated heterocycles. The van der Waals surface area contributed by atoms with E-state index in [4.69, 9.17) is 0 Å². The van der Waals surface area contributed by atoms with Crippen LogP contribution >= 0.6 is 0 Å². The molecule has 3 heteroatoms. The average molecular weight is 265 g/mol. The quantitative estimate of drug-likeness (QED) is 0.858. The summed E-state index contributed by atoms with van der Waals surface area (Å²) in [5.41, 5.74) is 0.756. The predicted octanol–water partition coefficient (Wildman–Crippen LogP) is 2.90. The Morgan fingerprint density at radius 3 is 2.79 bits per heavy atom. The number of hydrogen-bond donors (Lipinski definition) is 2. The molecule has 1 aliphatic carbocycles. The first kappa shape index (κ1) is 14.5. The van der Waals surface area contributed by atoms with Crippen LogP contribution in [0.3, 0.4) is 0 Å². The Hall–Kier alpha value is -0.930. The minimum atomic E-state index is -0.165. The van der Waals surface area contributed by atoms with Crippen LogP contribution in [-0.4, -0.2) is 23.8 Å².